The number of nitrogens with one attached hydrogen (secondary N) is 1. The minimum Gasteiger partial charge on any atom is -0.487 e. The van der Waals surface area contributed by atoms with Gasteiger partial charge in [-0.3, -0.25) is 4.79 Å². The van der Waals surface area contributed by atoms with E-state index in [1.165, 1.54) is 6.21 Å². The van der Waals surface area contributed by atoms with Crippen LogP contribution in [0.2, 0.25) is 10.0 Å². The van der Waals surface area contributed by atoms with Crippen molar-refractivity contribution >= 4 is 62.2 Å². The molecule has 4 aromatic carbocycles. The molecule has 1 amide bonds. The van der Waals surface area contributed by atoms with Gasteiger partial charge in [-0.1, -0.05) is 83.9 Å². The molecule has 38 heavy (non-hydrogen) atoms. The van der Waals surface area contributed by atoms with Crippen LogP contribution < -0.4 is 10.2 Å². The smallest absolute Gasteiger partial charge is 0.272 e. The highest BCUT2D eigenvalue weighted by atomic mass is 79.9. The van der Waals surface area contributed by atoms with Crippen molar-refractivity contribution in [1.29, 1.82) is 0 Å². The molecule has 0 bridgehead atoms. The van der Waals surface area contributed by atoms with Crippen LogP contribution in [0.4, 0.5) is 0 Å². The Kier molecular flexibility index (Phi) is 8.03. The largest absolute Gasteiger partial charge is 0.487 e. The minimum absolute atomic E-state index is 0.291. The van der Waals surface area contributed by atoms with Crippen LogP contribution in [0.15, 0.2) is 107 Å². The Morgan fingerprint density at radius 1 is 0.921 bits per heavy atom. The fourth-order valence-corrected chi connectivity index (χ4v) is 5.11. The summed E-state index contributed by atoms with van der Waals surface area (Å²) < 4.78 is 6.71. The highest BCUT2D eigenvalue weighted by Gasteiger charge is 2.14. The van der Waals surface area contributed by atoms with Crippen molar-refractivity contribution in [2.75, 3.05) is 0 Å². The highest BCUT2D eigenvalue weighted by Crippen LogP contribution is 2.33. The molecule has 0 aliphatic heterocycles. The second kappa shape index (κ2) is 11.8. The van der Waals surface area contributed by atoms with E-state index in [4.69, 9.17) is 32.9 Å². The molecule has 0 saturated carbocycles. The van der Waals surface area contributed by atoms with E-state index < -0.39 is 0 Å². The van der Waals surface area contributed by atoms with Gasteiger partial charge in [0.2, 0.25) is 0 Å². The molecule has 0 spiro atoms. The maximum absolute atomic E-state index is 13.3. The molecule has 0 aliphatic carbocycles. The third kappa shape index (κ3) is 6.05. The lowest BCUT2D eigenvalue weighted by Crippen LogP contribution is -2.18. The van der Waals surface area contributed by atoms with E-state index in [1.807, 2.05) is 72.8 Å². The predicted octanol–water partition coefficient (Wildman–Crippen LogP) is 8.31. The van der Waals surface area contributed by atoms with Crippen LogP contribution in [0.25, 0.3) is 22.2 Å². The molecule has 0 aliphatic rings. The van der Waals surface area contributed by atoms with E-state index in [9.17, 15) is 4.79 Å². The van der Waals surface area contributed by atoms with Gasteiger partial charge in [0.15, 0.2) is 0 Å². The van der Waals surface area contributed by atoms with Gasteiger partial charge < -0.3 is 4.74 Å². The number of aromatic nitrogens is 1. The highest BCUT2D eigenvalue weighted by molar-refractivity contribution is 9.10. The lowest BCUT2D eigenvalue weighted by Gasteiger charge is -2.12. The van der Waals surface area contributed by atoms with Gasteiger partial charge in [0.1, 0.15) is 12.4 Å². The normalized spacial score (nSPS) is 11.1. The van der Waals surface area contributed by atoms with E-state index >= 15 is 0 Å². The Morgan fingerprint density at radius 3 is 2.53 bits per heavy atom. The molecule has 8 heteroatoms. The van der Waals surface area contributed by atoms with Gasteiger partial charge in [0, 0.05) is 26.6 Å². The maximum Gasteiger partial charge on any atom is 0.272 e. The van der Waals surface area contributed by atoms with Gasteiger partial charge in [-0.15, -0.1) is 0 Å². The van der Waals surface area contributed by atoms with Crippen LogP contribution in [-0.2, 0) is 6.61 Å². The molecule has 5 nitrogen and oxygen atoms in total. The van der Waals surface area contributed by atoms with E-state index in [1.54, 1.807) is 24.3 Å². The summed E-state index contributed by atoms with van der Waals surface area (Å²) in [5.74, 6) is 0.174. The maximum atomic E-state index is 13.3. The quantitative estimate of drug-likeness (QED) is 0.150. The molecular formula is C30H20BrCl2N3O2. The number of fused-ring (bicyclic) bond motifs is 1. The molecule has 0 atom stereocenters. The zero-order valence-electron chi connectivity index (χ0n) is 19.9. The van der Waals surface area contributed by atoms with E-state index in [-0.39, 0.29) is 5.91 Å². The number of halogens is 3. The van der Waals surface area contributed by atoms with Gasteiger partial charge >= 0.3 is 0 Å². The summed E-state index contributed by atoms with van der Waals surface area (Å²) in [7, 11) is 0. The lowest BCUT2D eigenvalue weighted by molar-refractivity contribution is 0.0956. The summed E-state index contributed by atoms with van der Waals surface area (Å²) >= 11 is 15.9. The number of hydrogen-bond donors (Lipinski definition) is 1. The number of ether oxygens (including phenoxy) is 1. The number of rotatable bonds is 7. The van der Waals surface area contributed by atoms with Crippen molar-refractivity contribution < 1.29 is 9.53 Å². The summed E-state index contributed by atoms with van der Waals surface area (Å²) in [4.78, 5) is 18.0. The first-order valence-electron chi connectivity index (χ1n) is 11.6. The molecule has 1 heterocycles. The third-order valence-corrected chi connectivity index (χ3v) is 6.75. The monoisotopic (exact) mass is 603 g/mol. The minimum atomic E-state index is -0.362. The van der Waals surface area contributed by atoms with Gasteiger partial charge in [-0.2, -0.15) is 5.10 Å². The molecule has 0 radical (unpaired) electrons. The molecule has 0 fully saturated rings. The first-order chi connectivity index (χ1) is 18.5. The Labute approximate surface area is 238 Å². The number of benzene rings is 4. The van der Waals surface area contributed by atoms with Crippen molar-refractivity contribution in [1.82, 2.24) is 10.4 Å². The van der Waals surface area contributed by atoms with Crippen molar-refractivity contribution in [2.45, 2.75) is 6.61 Å². The molecule has 1 N–H and O–H groups in total. The van der Waals surface area contributed by atoms with Crippen molar-refractivity contribution in [3.63, 3.8) is 0 Å². The number of hydrogen-bond acceptors (Lipinski definition) is 4. The molecular weight excluding hydrogens is 585 g/mol. The fourth-order valence-electron chi connectivity index (χ4n) is 3.95. The number of carbonyl (C=O) groups is 1. The Morgan fingerprint density at radius 2 is 1.71 bits per heavy atom. The second-order valence-corrected chi connectivity index (χ2v) is 10.1. The molecule has 5 aromatic rings. The van der Waals surface area contributed by atoms with Crippen LogP contribution in [0.5, 0.6) is 5.75 Å². The van der Waals surface area contributed by atoms with Crippen LogP contribution in [-0.4, -0.2) is 17.1 Å². The van der Waals surface area contributed by atoms with Crippen molar-refractivity contribution in [3.05, 3.63) is 128 Å². The number of nitrogens with zero attached hydrogens (tertiary/aromatic N) is 2. The van der Waals surface area contributed by atoms with E-state index in [0.29, 0.717) is 43.7 Å². The molecule has 1 aromatic heterocycles. The summed E-state index contributed by atoms with van der Waals surface area (Å²) in [6.45, 7) is 0.291. The number of para-hydroxylation sites is 1. The third-order valence-electron chi connectivity index (χ3n) is 5.71. The predicted molar refractivity (Wildman–Crippen MR) is 157 cm³/mol. The first kappa shape index (κ1) is 25.9. The summed E-state index contributed by atoms with van der Waals surface area (Å²) in [6, 6.07) is 29.9. The number of amides is 1. The zero-order valence-corrected chi connectivity index (χ0v) is 23.0. The van der Waals surface area contributed by atoms with Crippen LogP contribution >= 0.6 is 39.1 Å². The summed E-state index contributed by atoms with van der Waals surface area (Å²) in [5, 5.41) is 6.07. The standard InChI is InChI=1S/C30H20BrCl2N3O2/c31-26-15-23(33)14-21(29(26)38-18-19-7-6-10-22(32)13-19)17-34-36-30(37)25-16-28(20-8-2-1-3-9-20)35-27-12-5-4-11-24(25)27/h1-17H,18H2,(H,36,37)/b34-17-. The van der Waals surface area contributed by atoms with E-state index in [2.05, 4.69) is 26.5 Å². The van der Waals surface area contributed by atoms with Crippen LogP contribution in [0, 0.1) is 0 Å². The topological polar surface area (TPSA) is 63.6 Å². The summed E-state index contributed by atoms with van der Waals surface area (Å²) in [5.41, 5.74) is 6.95. The molecule has 188 valence electrons. The summed E-state index contributed by atoms with van der Waals surface area (Å²) in [6.07, 6.45) is 1.50. The number of hydrazone groups is 1. The van der Waals surface area contributed by atoms with Gasteiger partial charge in [0.25, 0.3) is 5.91 Å². The average molecular weight is 605 g/mol. The zero-order chi connectivity index (χ0) is 26.5. The second-order valence-electron chi connectivity index (χ2n) is 8.36. The number of carbonyl (C=O) groups excluding carboxylic acids is 1. The Hall–Kier alpha value is -3.71. The van der Waals surface area contributed by atoms with Gasteiger partial charge in [-0.25, -0.2) is 10.4 Å². The van der Waals surface area contributed by atoms with Gasteiger partial charge in [-0.05, 0) is 57.9 Å². The lowest BCUT2D eigenvalue weighted by atomic mass is 10.0. The van der Waals surface area contributed by atoms with Crippen LogP contribution in [0.3, 0.4) is 0 Å². The first-order valence-corrected chi connectivity index (χ1v) is 13.2. The van der Waals surface area contributed by atoms with E-state index in [0.717, 1.165) is 22.0 Å². The van der Waals surface area contributed by atoms with Crippen molar-refractivity contribution in [2.24, 2.45) is 5.10 Å². The average Bonchev–Trinajstić information content (AvgIpc) is 2.92. The van der Waals surface area contributed by atoms with Crippen molar-refractivity contribution in [3.8, 4) is 17.0 Å². The molecule has 0 saturated heterocycles. The van der Waals surface area contributed by atoms with Crippen LogP contribution in [0.1, 0.15) is 21.5 Å². The SMILES string of the molecule is O=C(N/N=C\c1cc(Cl)cc(Br)c1OCc1cccc(Cl)c1)c1cc(-c2ccccc2)nc2ccccc12. The number of pyridine rings is 1. The molecule has 5 rings (SSSR count). The van der Waals surface area contributed by atoms with Gasteiger partial charge in [0.05, 0.1) is 27.5 Å². The molecule has 0 unspecified atom stereocenters. The Balaban J connectivity index is 1.40. The fraction of sp³-hybridized carbons (Fsp3) is 0.0333. The Bertz CT molecular complexity index is 1660.